The van der Waals surface area contributed by atoms with Crippen molar-refractivity contribution in [3.63, 3.8) is 0 Å². The van der Waals surface area contributed by atoms with Gasteiger partial charge in [-0.15, -0.1) is 11.8 Å². The van der Waals surface area contributed by atoms with E-state index in [4.69, 9.17) is 17.3 Å². The Balaban J connectivity index is 1.88. The van der Waals surface area contributed by atoms with Crippen LogP contribution in [0.4, 0.5) is 0 Å². The highest BCUT2D eigenvalue weighted by Crippen LogP contribution is 2.23. The summed E-state index contributed by atoms with van der Waals surface area (Å²) in [6.07, 6.45) is 0.870. The van der Waals surface area contributed by atoms with Crippen molar-refractivity contribution >= 4 is 39.3 Å². The van der Waals surface area contributed by atoms with Gasteiger partial charge in [0.05, 0.1) is 0 Å². The first-order valence-electron chi connectivity index (χ1n) is 6.02. The fourth-order valence-electron chi connectivity index (χ4n) is 1.77. The lowest BCUT2D eigenvalue weighted by molar-refractivity contribution is 0.746. The summed E-state index contributed by atoms with van der Waals surface area (Å²) in [6.45, 7) is 0. The third-order valence-electron chi connectivity index (χ3n) is 2.70. The van der Waals surface area contributed by atoms with Crippen molar-refractivity contribution in [1.29, 1.82) is 0 Å². The van der Waals surface area contributed by atoms with Gasteiger partial charge in [-0.25, -0.2) is 0 Å². The number of hydrogen-bond donors (Lipinski definition) is 1. The minimum atomic E-state index is 0.127. The van der Waals surface area contributed by atoms with E-state index in [-0.39, 0.29) is 6.04 Å². The third-order valence-corrected chi connectivity index (χ3v) is 4.89. The van der Waals surface area contributed by atoms with Crippen LogP contribution in [0.3, 0.4) is 0 Å². The van der Waals surface area contributed by atoms with Crippen molar-refractivity contribution < 1.29 is 0 Å². The molecular formula is C15H15BrClNS. The number of rotatable bonds is 5. The highest BCUT2D eigenvalue weighted by atomic mass is 79.9. The van der Waals surface area contributed by atoms with E-state index < -0.39 is 0 Å². The van der Waals surface area contributed by atoms with Gasteiger partial charge in [-0.3, -0.25) is 0 Å². The zero-order valence-corrected chi connectivity index (χ0v) is 13.5. The number of hydrogen-bond acceptors (Lipinski definition) is 2. The van der Waals surface area contributed by atoms with Crippen LogP contribution in [-0.4, -0.2) is 11.8 Å². The van der Waals surface area contributed by atoms with Crippen molar-refractivity contribution in [2.45, 2.75) is 17.4 Å². The van der Waals surface area contributed by atoms with E-state index in [1.54, 1.807) is 11.8 Å². The number of nitrogens with two attached hydrogens (primary N) is 1. The zero-order chi connectivity index (χ0) is 13.7. The molecule has 2 aromatic carbocycles. The maximum atomic E-state index is 6.19. The molecule has 2 rings (SSSR count). The number of halogens is 2. The van der Waals surface area contributed by atoms with E-state index in [2.05, 4.69) is 28.1 Å². The van der Waals surface area contributed by atoms with Crippen LogP contribution in [0, 0.1) is 0 Å². The summed E-state index contributed by atoms with van der Waals surface area (Å²) in [7, 11) is 0. The largest absolute Gasteiger partial charge is 0.327 e. The average Bonchev–Trinajstić information content (AvgIpc) is 2.39. The van der Waals surface area contributed by atoms with E-state index in [0.717, 1.165) is 26.6 Å². The predicted octanol–water partition coefficient (Wildman–Crippen LogP) is 4.76. The van der Waals surface area contributed by atoms with Crippen molar-refractivity contribution in [2.24, 2.45) is 5.73 Å². The second kappa shape index (κ2) is 7.34. The van der Waals surface area contributed by atoms with E-state index >= 15 is 0 Å². The molecule has 4 heteroatoms. The highest BCUT2D eigenvalue weighted by molar-refractivity contribution is 9.10. The van der Waals surface area contributed by atoms with E-state index in [9.17, 15) is 0 Å². The topological polar surface area (TPSA) is 26.0 Å². The molecule has 0 amide bonds. The summed E-state index contributed by atoms with van der Waals surface area (Å²) in [5.41, 5.74) is 7.44. The summed E-state index contributed by atoms with van der Waals surface area (Å²) < 4.78 is 1.12. The summed E-state index contributed by atoms with van der Waals surface area (Å²) in [5, 5.41) is 0.768. The normalized spacial score (nSPS) is 12.4. The Morgan fingerprint density at radius 3 is 2.68 bits per heavy atom. The molecule has 100 valence electrons. The fourth-order valence-corrected chi connectivity index (χ4v) is 3.38. The van der Waals surface area contributed by atoms with Crippen LogP contribution < -0.4 is 5.73 Å². The van der Waals surface area contributed by atoms with E-state index in [0.29, 0.717) is 0 Å². The highest BCUT2D eigenvalue weighted by Gasteiger charge is 2.07. The Kier molecular flexibility index (Phi) is 5.76. The van der Waals surface area contributed by atoms with Crippen molar-refractivity contribution in [1.82, 2.24) is 0 Å². The second-order valence-electron chi connectivity index (χ2n) is 4.32. The van der Waals surface area contributed by atoms with Gasteiger partial charge in [0.1, 0.15) is 0 Å². The Morgan fingerprint density at radius 2 is 1.95 bits per heavy atom. The molecule has 0 aliphatic rings. The zero-order valence-electron chi connectivity index (χ0n) is 10.4. The molecule has 0 fully saturated rings. The maximum absolute atomic E-state index is 6.19. The van der Waals surface area contributed by atoms with E-state index in [1.165, 1.54) is 5.56 Å². The summed E-state index contributed by atoms with van der Waals surface area (Å²) in [4.78, 5) is 1.16. The molecule has 0 heterocycles. The first-order chi connectivity index (χ1) is 9.15. The van der Waals surface area contributed by atoms with Crippen LogP contribution in [0.25, 0.3) is 0 Å². The number of thioether (sulfide) groups is 1. The molecule has 0 radical (unpaired) electrons. The van der Waals surface area contributed by atoms with Gasteiger partial charge in [0.2, 0.25) is 0 Å². The molecule has 0 saturated heterocycles. The van der Waals surface area contributed by atoms with Crippen LogP contribution in [0.5, 0.6) is 0 Å². The van der Waals surface area contributed by atoms with Crippen molar-refractivity contribution in [2.75, 3.05) is 5.75 Å². The molecule has 0 aliphatic heterocycles. The Labute approximate surface area is 131 Å². The fraction of sp³-hybridized carbons (Fsp3) is 0.200. The first kappa shape index (κ1) is 14.9. The molecule has 1 atom stereocenters. The lowest BCUT2D eigenvalue weighted by atomic mass is 10.1. The summed E-state index contributed by atoms with van der Waals surface area (Å²) in [5.74, 6) is 0.877. The molecule has 2 N–H and O–H groups in total. The summed E-state index contributed by atoms with van der Waals surface area (Å²) >= 11 is 11.3. The van der Waals surface area contributed by atoms with Gasteiger partial charge >= 0.3 is 0 Å². The standard InChI is InChI=1S/C15H15BrClNS/c16-15-7-2-1-4-11(15)8-13(18)10-19-14-6-3-5-12(17)9-14/h1-7,9,13H,8,10,18H2. The van der Waals surface area contributed by atoms with Gasteiger partial charge in [-0.05, 0) is 36.2 Å². The predicted molar refractivity (Wildman–Crippen MR) is 88.0 cm³/mol. The molecule has 2 aromatic rings. The van der Waals surface area contributed by atoms with Gasteiger partial charge in [0, 0.05) is 26.2 Å². The number of benzene rings is 2. The van der Waals surface area contributed by atoms with Crippen molar-refractivity contribution in [3.05, 3.63) is 63.6 Å². The second-order valence-corrected chi connectivity index (χ2v) is 6.71. The average molecular weight is 357 g/mol. The molecule has 1 nitrogen and oxygen atoms in total. The monoisotopic (exact) mass is 355 g/mol. The van der Waals surface area contributed by atoms with Crippen LogP contribution in [0.2, 0.25) is 5.02 Å². The molecule has 0 bridgehead atoms. The Bertz CT molecular complexity index is 547. The van der Waals surface area contributed by atoms with Crippen LogP contribution >= 0.6 is 39.3 Å². The molecule has 0 saturated carbocycles. The molecule has 1 unspecified atom stereocenters. The van der Waals surface area contributed by atoms with Gasteiger partial charge in [-0.1, -0.05) is 51.8 Å². The van der Waals surface area contributed by atoms with Gasteiger partial charge in [0.25, 0.3) is 0 Å². The SMILES string of the molecule is NC(CSc1cccc(Cl)c1)Cc1ccccc1Br. The van der Waals surface area contributed by atoms with Gasteiger partial charge in [0.15, 0.2) is 0 Å². The Hall–Kier alpha value is -0.480. The van der Waals surface area contributed by atoms with Gasteiger partial charge in [-0.2, -0.15) is 0 Å². The maximum Gasteiger partial charge on any atom is 0.0417 e. The lowest BCUT2D eigenvalue weighted by Crippen LogP contribution is -2.25. The van der Waals surface area contributed by atoms with Crippen LogP contribution in [-0.2, 0) is 6.42 Å². The molecule has 0 spiro atoms. The van der Waals surface area contributed by atoms with Crippen LogP contribution in [0.1, 0.15) is 5.56 Å². The smallest absolute Gasteiger partial charge is 0.0417 e. The molecular weight excluding hydrogens is 342 g/mol. The quantitative estimate of drug-likeness (QED) is 0.781. The van der Waals surface area contributed by atoms with Gasteiger partial charge < -0.3 is 5.73 Å². The van der Waals surface area contributed by atoms with Crippen LogP contribution in [0.15, 0.2) is 57.9 Å². The minimum absolute atomic E-state index is 0.127. The lowest BCUT2D eigenvalue weighted by Gasteiger charge is -2.12. The summed E-state index contributed by atoms with van der Waals surface area (Å²) in [6, 6.07) is 16.2. The first-order valence-corrected chi connectivity index (χ1v) is 8.18. The van der Waals surface area contributed by atoms with Crippen molar-refractivity contribution in [3.8, 4) is 0 Å². The molecule has 19 heavy (non-hydrogen) atoms. The Morgan fingerprint density at radius 1 is 1.16 bits per heavy atom. The molecule has 0 aromatic heterocycles. The molecule has 0 aliphatic carbocycles. The minimum Gasteiger partial charge on any atom is -0.327 e. The third kappa shape index (κ3) is 4.84. The van der Waals surface area contributed by atoms with E-state index in [1.807, 2.05) is 36.4 Å².